The minimum Gasteiger partial charge on any atom is -0.497 e. The van der Waals surface area contributed by atoms with Crippen molar-refractivity contribution in [2.45, 2.75) is 18.4 Å². The average molecular weight is 279 g/mol. The van der Waals surface area contributed by atoms with Gasteiger partial charge in [0.2, 0.25) is 0 Å². The van der Waals surface area contributed by atoms with Gasteiger partial charge in [-0.05, 0) is 17.7 Å². The van der Waals surface area contributed by atoms with Gasteiger partial charge in [0.15, 0.2) is 6.10 Å². The molecule has 4 nitrogen and oxygen atoms in total. The summed E-state index contributed by atoms with van der Waals surface area (Å²) in [6, 6.07) is 6.58. The number of aliphatic hydroxyl groups is 2. The fraction of sp³-hybridized carbons (Fsp3) is 0.500. The van der Waals surface area contributed by atoms with E-state index in [0.29, 0.717) is 11.3 Å². The van der Waals surface area contributed by atoms with E-state index in [4.69, 9.17) is 9.84 Å². The second-order valence-corrected chi connectivity index (χ2v) is 4.01. The molecule has 0 aliphatic heterocycles. The van der Waals surface area contributed by atoms with Gasteiger partial charge in [-0.15, -0.1) is 0 Å². The molecule has 0 fully saturated rings. The van der Waals surface area contributed by atoms with Crippen molar-refractivity contribution < 1.29 is 28.1 Å². The number of nitrogens with one attached hydrogen (secondary N) is 1. The highest BCUT2D eigenvalue weighted by atomic mass is 19.4. The number of ether oxygens (including phenoxy) is 1. The molecule has 0 spiro atoms. The van der Waals surface area contributed by atoms with Gasteiger partial charge in [-0.3, -0.25) is 0 Å². The lowest BCUT2D eigenvalue weighted by Gasteiger charge is -2.17. The zero-order valence-electron chi connectivity index (χ0n) is 10.3. The van der Waals surface area contributed by atoms with E-state index in [2.05, 4.69) is 5.32 Å². The zero-order valence-corrected chi connectivity index (χ0v) is 10.3. The molecule has 0 saturated carbocycles. The second-order valence-electron chi connectivity index (χ2n) is 4.01. The van der Waals surface area contributed by atoms with Crippen molar-refractivity contribution in [1.82, 2.24) is 5.32 Å². The molecule has 2 unspecified atom stereocenters. The third-order valence-corrected chi connectivity index (χ3v) is 2.53. The molecule has 0 heterocycles. The lowest BCUT2D eigenvalue weighted by atomic mass is 10.1. The Balaban J connectivity index is 2.45. The van der Waals surface area contributed by atoms with Gasteiger partial charge >= 0.3 is 6.18 Å². The Morgan fingerprint density at radius 2 is 1.95 bits per heavy atom. The van der Waals surface area contributed by atoms with Crippen LogP contribution in [0.1, 0.15) is 11.7 Å². The number of hydrogen-bond acceptors (Lipinski definition) is 4. The lowest BCUT2D eigenvalue weighted by molar-refractivity contribution is -0.202. The molecule has 0 aliphatic rings. The standard InChI is InChI=1S/C12H16F3NO3/c1-19-9-4-2-3-8(5-9)10(17)6-16-7-11(18)12(13,14)15/h2-5,10-11,16-18H,6-7H2,1H3. The van der Waals surface area contributed by atoms with E-state index in [1.807, 2.05) is 0 Å². The Hall–Kier alpha value is -1.31. The first kappa shape index (κ1) is 15.7. The molecule has 108 valence electrons. The molecule has 0 radical (unpaired) electrons. The molecule has 2 atom stereocenters. The predicted octanol–water partition coefficient (Wildman–Crippen LogP) is 1.24. The van der Waals surface area contributed by atoms with Gasteiger partial charge in [-0.25, -0.2) is 0 Å². The van der Waals surface area contributed by atoms with Crippen molar-refractivity contribution in [1.29, 1.82) is 0 Å². The van der Waals surface area contributed by atoms with Gasteiger partial charge in [0.25, 0.3) is 0 Å². The maximum atomic E-state index is 12.0. The minimum absolute atomic E-state index is 0.0969. The van der Waals surface area contributed by atoms with E-state index in [1.54, 1.807) is 24.3 Å². The average Bonchev–Trinajstić information content (AvgIpc) is 2.37. The van der Waals surface area contributed by atoms with E-state index in [1.165, 1.54) is 7.11 Å². The summed E-state index contributed by atoms with van der Waals surface area (Å²) in [4.78, 5) is 0. The summed E-state index contributed by atoms with van der Waals surface area (Å²) < 4.78 is 41.1. The van der Waals surface area contributed by atoms with E-state index >= 15 is 0 Å². The maximum Gasteiger partial charge on any atom is 0.415 e. The van der Waals surface area contributed by atoms with Crippen LogP contribution in [-0.4, -0.2) is 42.7 Å². The number of halogens is 3. The third-order valence-electron chi connectivity index (χ3n) is 2.53. The van der Waals surface area contributed by atoms with Crippen molar-refractivity contribution in [3.8, 4) is 5.75 Å². The van der Waals surface area contributed by atoms with Gasteiger partial charge < -0.3 is 20.3 Å². The van der Waals surface area contributed by atoms with E-state index in [-0.39, 0.29) is 6.54 Å². The summed E-state index contributed by atoms with van der Waals surface area (Å²) in [5.41, 5.74) is 0.522. The first-order valence-electron chi connectivity index (χ1n) is 5.62. The fourth-order valence-electron chi connectivity index (χ4n) is 1.44. The largest absolute Gasteiger partial charge is 0.497 e. The highest BCUT2D eigenvalue weighted by molar-refractivity contribution is 5.29. The van der Waals surface area contributed by atoms with Crippen LogP contribution in [0.25, 0.3) is 0 Å². The quantitative estimate of drug-likeness (QED) is 0.733. The van der Waals surface area contributed by atoms with Crippen molar-refractivity contribution in [3.05, 3.63) is 29.8 Å². The molecule has 1 aromatic rings. The normalized spacial score (nSPS) is 15.1. The Kier molecular flexibility index (Phi) is 5.59. The Morgan fingerprint density at radius 3 is 2.53 bits per heavy atom. The molecule has 19 heavy (non-hydrogen) atoms. The van der Waals surface area contributed by atoms with Gasteiger partial charge in [0.1, 0.15) is 5.75 Å². The molecule has 1 aromatic carbocycles. The van der Waals surface area contributed by atoms with E-state index in [9.17, 15) is 18.3 Å². The number of rotatable bonds is 6. The number of hydrogen-bond donors (Lipinski definition) is 3. The van der Waals surface area contributed by atoms with Crippen LogP contribution in [0.5, 0.6) is 5.75 Å². The van der Waals surface area contributed by atoms with Gasteiger partial charge in [-0.2, -0.15) is 13.2 Å². The molecular weight excluding hydrogens is 263 g/mol. The molecule has 0 aliphatic carbocycles. The van der Waals surface area contributed by atoms with Crippen LogP contribution in [0.15, 0.2) is 24.3 Å². The summed E-state index contributed by atoms with van der Waals surface area (Å²) in [5.74, 6) is 0.548. The Bertz CT molecular complexity index is 398. The summed E-state index contributed by atoms with van der Waals surface area (Å²) >= 11 is 0. The number of methoxy groups -OCH3 is 1. The predicted molar refractivity (Wildman–Crippen MR) is 62.9 cm³/mol. The molecule has 0 amide bonds. The Morgan fingerprint density at radius 1 is 1.26 bits per heavy atom. The highest BCUT2D eigenvalue weighted by Gasteiger charge is 2.37. The van der Waals surface area contributed by atoms with Gasteiger partial charge in [0.05, 0.1) is 13.2 Å². The molecule has 3 N–H and O–H groups in total. The van der Waals surface area contributed by atoms with Crippen molar-refractivity contribution in [2.75, 3.05) is 20.2 Å². The monoisotopic (exact) mass is 279 g/mol. The van der Waals surface area contributed by atoms with Crippen LogP contribution in [0, 0.1) is 0 Å². The zero-order chi connectivity index (χ0) is 14.5. The summed E-state index contributed by atoms with van der Waals surface area (Å²) in [6.45, 7) is -0.759. The van der Waals surface area contributed by atoms with Gasteiger partial charge in [-0.1, -0.05) is 12.1 Å². The summed E-state index contributed by atoms with van der Waals surface area (Å²) in [7, 11) is 1.48. The Labute approximate surface area is 108 Å². The highest BCUT2D eigenvalue weighted by Crippen LogP contribution is 2.20. The van der Waals surface area contributed by atoms with Crippen LogP contribution >= 0.6 is 0 Å². The van der Waals surface area contributed by atoms with Crippen LogP contribution in [0.4, 0.5) is 13.2 Å². The molecule has 0 bridgehead atoms. The second kappa shape index (κ2) is 6.74. The van der Waals surface area contributed by atoms with Crippen molar-refractivity contribution in [3.63, 3.8) is 0 Å². The SMILES string of the molecule is COc1cccc(C(O)CNCC(O)C(F)(F)F)c1. The third kappa shape index (κ3) is 5.06. The maximum absolute atomic E-state index is 12.0. The number of alkyl halides is 3. The van der Waals surface area contributed by atoms with Crippen molar-refractivity contribution in [2.24, 2.45) is 0 Å². The molecule has 0 aromatic heterocycles. The van der Waals surface area contributed by atoms with Crippen LogP contribution in [0.3, 0.4) is 0 Å². The van der Waals surface area contributed by atoms with E-state index in [0.717, 1.165) is 0 Å². The number of aliphatic hydroxyl groups excluding tert-OH is 2. The first-order chi connectivity index (χ1) is 8.84. The van der Waals surface area contributed by atoms with Crippen LogP contribution in [0.2, 0.25) is 0 Å². The lowest BCUT2D eigenvalue weighted by Crippen LogP contribution is -2.39. The van der Waals surface area contributed by atoms with Crippen LogP contribution in [-0.2, 0) is 0 Å². The van der Waals surface area contributed by atoms with Crippen LogP contribution < -0.4 is 10.1 Å². The molecule has 0 saturated heterocycles. The smallest absolute Gasteiger partial charge is 0.415 e. The first-order valence-corrected chi connectivity index (χ1v) is 5.62. The topological polar surface area (TPSA) is 61.7 Å². The number of benzene rings is 1. The van der Waals surface area contributed by atoms with E-state index < -0.39 is 24.9 Å². The summed E-state index contributed by atoms with van der Waals surface area (Å²) in [5, 5.41) is 20.9. The fourth-order valence-corrected chi connectivity index (χ4v) is 1.44. The molecule has 7 heteroatoms. The summed E-state index contributed by atoms with van der Waals surface area (Å²) in [6.07, 6.45) is -8.07. The molecule has 1 rings (SSSR count). The van der Waals surface area contributed by atoms with Crippen molar-refractivity contribution >= 4 is 0 Å². The molecular formula is C12H16F3NO3. The minimum atomic E-state index is -4.66. The van der Waals surface area contributed by atoms with Gasteiger partial charge in [0, 0.05) is 13.1 Å².